The molecule has 21 heavy (non-hydrogen) atoms. The summed E-state index contributed by atoms with van der Waals surface area (Å²) in [6.45, 7) is 5.88. The van der Waals surface area contributed by atoms with Crippen molar-refractivity contribution in [2.75, 3.05) is 13.7 Å². The van der Waals surface area contributed by atoms with Crippen molar-refractivity contribution < 1.29 is 9.47 Å². The highest BCUT2D eigenvalue weighted by Crippen LogP contribution is 2.29. The van der Waals surface area contributed by atoms with Gasteiger partial charge in [0, 0.05) is 12.6 Å². The zero-order valence-electron chi connectivity index (χ0n) is 13.7. The van der Waals surface area contributed by atoms with Crippen LogP contribution in [0.2, 0.25) is 0 Å². The van der Waals surface area contributed by atoms with Crippen molar-refractivity contribution in [1.29, 1.82) is 0 Å². The largest absolute Gasteiger partial charge is 0.493 e. The number of ether oxygens (including phenoxy) is 2. The lowest BCUT2D eigenvalue weighted by Crippen LogP contribution is -2.32. The van der Waals surface area contributed by atoms with Crippen molar-refractivity contribution >= 4 is 0 Å². The molecule has 0 radical (unpaired) electrons. The van der Waals surface area contributed by atoms with Gasteiger partial charge in [-0.2, -0.15) is 0 Å². The summed E-state index contributed by atoms with van der Waals surface area (Å²) >= 11 is 0. The SMILES string of the molecule is CCOc1cc(CNC2CCC(CC)CC2)ccc1OC. The molecular formula is C18H29NO2. The van der Waals surface area contributed by atoms with E-state index in [2.05, 4.69) is 24.4 Å². The lowest BCUT2D eigenvalue weighted by molar-refractivity contribution is 0.284. The third-order valence-electron chi connectivity index (χ3n) is 4.55. The molecule has 0 saturated heterocycles. The van der Waals surface area contributed by atoms with Crippen LogP contribution in [0.4, 0.5) is 0 Å². The number of nitrogens with one attached hydrogen (secondary N) is 1. The predicted octanol–water partition coefficient (Wildman–Crippen LogP) is 4.15. The van der Waals surface area contributed by atoms with Crippen LogP contribution < -0.4 is 14.8 Å². The molecule has 0 bridgehead atoms. The highest BCUT2D eigenvalue weighted by Gasteiger charge is 2.19. The van der Waals surface area contributed by atoms with Crippen LogP contribution in [0.5, 0.6) is 11.5 Å². The van der Waals surface area contributed by atoms with Crippen molar-refractivity contribution in [3.8, 4) is 11.5 Å². The quantitative estimate of drug-likeness (QED) is 0.818. The van der Waals surface area contributed by atoms with E-state index in [-0.39, 0.29) is 0 Å². The van der Waals surface area contributed by atoms with Gasteiger partial charge in [0.1, 0.15) is 0 Å². The average molecular weight is 291 g/mol. The number of hydrogen-bond acceptors (Lipinski definition) is 3. The first-order valence-corrected chi connectivity index (χ1v) is 8.29. The van der Waals surface area contributed by atoms with Gasteiger partial charge in [0.25, 0.3) is 0 Å². The molecule has 0 aliphatic heterocycles. The number of methoxy groups -OCH3 is 1. The Labute approximate surface area is 129 Å². The lowest BCUT2D eigenvalue weighted by atomic mass is 9.84. The molecule has 2 rings (SSSR count). The molecule has 0 unspecified atom stereocenters. The van der Waals surface area contributed by atoms with Gasteiger partial charge < -0.3 is 14.8 Å². The summed E-state index contributed by atoms with van der Waals surface area (Å²) in [4.78, 5) is 0. The first-order chi connectivity index (χ1) is 10.3. The molecule has 1 fully saturated rings. The Morgan fingerprint density at radius 2 is 1.86 bits per heavy atom. The summed E-state index contributed by atoms with van der Waals surface area (Å²) in [5, 5.41) is 3.69. The molecular weight excluding hydrogens is 262 g/mol. The topological polar surface area (TPSA) is 30.5 Å². The smallest absolute Gasteiger partial charge is 0.161 e. The molecule has 3 heteroatoms. The molecule has 1 N–H and O–H groups in total. The van der Waals surface area contributed by atoms with Gasteiger partial charge in [0.15, 0.2) is 11.5 Å². The second-order valence-electron chi connectivity index (χ2n) is 5.93. The van der Waals surface area contributed by atoms with E-state index < -0.39 is 0 Å². The molecule has 0 spiro atoms. The molecule has 1 saturated carbocycles. The molecule has 0 amide bonds. The molecule has 118 valence electrons. The van der Waals surface area contributed by atoms with Crippen LogP contribution in [0.3, 0.4) is 0 Å². The lowest BCUT2D eigenvalue weighted by Gasteiger charge is -2.28. The van der Waals surface area contributed by atoms with Crippen LogP contribution in [-0.4, -0.2) is 19.8 Å². The summed E-state index contributed by atoms with van der Waals surface area (Å²) in [6, 6.07) is 6.88. The van der Waals surface area contributed by atoms with Gasteiger partial charge >= 0.3 is 0 Å². The average Bonchev–Trinajstić information content (AvgIpc) is 2.54. The van der Waals surface area contributed by atoms with Crippen LogP contribution >= 0.6 is 0 Å². The number of rotatable bonds is 7. The maximum absolute atomic E-state index is 5.64. The van der Waals surface area contributed by atoms with Gasteiger partial charge in [-0.25, -0.2) is 0 Å². The predicted molar refractivity (Wildman–Crippen MR) is 87.0 cm³/mol. The van der Waals surface area contributed by atoms with E-state index >= 15 is 0 Å². The highest BCUT2D eigenvalue weighted by atomic mass is 16.5. The van der Waals surface area contributed by atoms with E-state index in [0.29, 0.717) is 12.6 Å². The van der Waals surface area contributed by atoms with Crippen molar-refractivity contribution in [2.24, 2.45) is 5.92 Å². The van der Waals surface area contributed by atoms with E-state index in [1.807, 2.05) is 13.0 Å². The molecule has 1 aromatic carbocycles. The molecule has 1 aliphatic rings. The van der Waals surface area contributed by atoms with E-state index in [1.54, 1.807) is 7.11 Å². The highest BCUT2D eigenvalue weighted by molar-refractivity contribution is 5.42. The summed E-state index contributed by atoms with van der Waals surface area (Å²) in [5.41, 5.74) is 1.26. The van der Waals surface area contributed by atoms with Gasteiger partial charge in [0.2, 0.25) is 0 Å². The Morgan fingerprint density at radius 1 is 1.10 bits per heavy atom. The third-order valence-corrected chi connectivity index (χ3v) is 4.55. The Kier molecular flexibility index (Phi) is 6.37. The maximum Gasteiger partial charge on any atom is 0.161 e. The first kappa shape index (κ1) is 16.2. The fourth-order valence-corrected chi connectivity index (χ4v) is 3.14. The third kappa shape index (κ3) is 4.63. The van der Waals surface area contributed by atoms with E-state index in [4.69, 9.17) is 9.47 Å². The van der Waals surface area contributed by atoms with E-state index in [0.717, 1.165) is 24.0 Å². The molecule has 1 aromatic rings. The minimum atomic E-state index is 0.661. The fraction of sp³-hybridized carbons (Fsp3) is 0.667. The van der Waals surface area contributed by atoms with Gasteiger partial charge in [0.05, 0.1) is 13.7 Å². The zero-order valence-corrected chi connectivity index (χ0v) is 13.7. The number of benzene rings is 1. The van der Waals surface area contributed by atoms with Crippen LogP contribution in [-0.2, 0) is 6.54 Å². The Bertz CT molecular complexity index is 425. The first-order valence-electron chi connectivity index (χ1n) is 8.29. The second kappa shape index (κ2) is 8.28. The van der Waals surface area contributed by atoms with Gasteiger partial charge in [-0.1, -0.05) is 19.4 Å². The van der Waals surface area contributed by atoms with Crippen molar-refractivity contribution in [3.05, 3.63) is 23.8 Å². The fourth-order valence-electron chi connectivity index (χ4n) is 3.14. The Hall–Kier alpha value is -1.22. The van der Waals surface area contributed by atoms with Gasteiger partial charge in [-0.3, -0.25) is 0 Å². The van der Waals surface area contributed by atoms with Gasteiger partial charge in [-0.05, 0) is 56.2 Å². The van der Waals surface area contributed by atoms with Crippen LogP contribution in [0.25, 0.3) is 0 Å². The molecule has 0 atom stereocenters. The zero-order chi connectivity index (χ0) is 15.1. The van der Waals surface area contributed by atoms with Crippen LogP contribution in [0, 0.1) is 5.92 Å². The Morgan fingerprint density at radius 3 is 2.48 bits per heavy atom. The monoisotopic (exact) mass is 291 g/mol. The molecule has 3 nitrogen and oxygen atoms in total. The molecule has 0 heterocycles. The summed E-state index contributed by atoms with van der Waals surface area (Å²) in [7, 11) is 1.68. The maximum atomic E-state index is 5.64. The minimum Gasteiger partial charge on any atom is -0.493 e. The number of hydrogen-bond donors (Lipinski definition) is 1. The van der Waals surface area contributed by atoms with Crippen LogP contribution in [0.1, 0.15) is 51.5 Å². The minimum absolute atomic E-state index is 0.661. The second-order valence-corrected chi connectivity index (χ2v) is 5.93. The van der Waals surface area contributed by atoms with E-state index in [1.165, 1.54) is 37.7 Å². The van der Waals surface area contributed by atoms with E-state index in [9.17, 15) is 0 Å². The normalized spacial score (nSPS) is 22.0. The Balaban J connectivity index is 1.87. The van der Waals surface area contributed by atoms with Crippen molar-refractivity contribution in [2.45, 2.75) is 58.5 Å². The van der Waals surface area contributed by atoms with Gasteiger partial charge in [-0.15, -0.1) is 0 Å². The summed E-state index contributed by atoms with van der Waals surface area (Å²) < 4.78 is 11.0. The van der Waals surface area contributed by atoms with Crippen molar-refractivity contribution in [3.63, 3.8) is 0 Å². The molecule has 0 aromatic heterocycles. The summed E-state index contributed by atoms with van der Waals surface area (Å²) in [5.74, 6) is 2.60. The summed E-state index contributed by atoms with van der Waals surface area (Å²) in [6.07, 6.45) is 6.71. The van der Waals surface area contributed by atoms with Crippen LogP contribution in [0.15, 0.2) is 18.2 Å². The molecule has 1 aliphatic carbocycles. The standard InChI is InChI=1S/C18H29NO2/c1-4-14-6-9-16(10-7-14)19-13-15-8-11-17(20-3)18(12-15)21-5-2/h8,11-12,14,16,19H,4-7,9-10,13H2,1-3H3. The van der Waals surface area contributed by atoms with Crippen molar-refractivity contribution in [1.82, 2.24) is 5.32 Å².